The third kappa shape index (κ3) is 8.19. The minimum Gasteiger partial charge on any atom is -0.454 e. The molecule has 0 unspecified atom stereocenters. The van der Waals surface area contributed by atoms with E-state index in [1.165, 1.54) is 41.5 Å². The minimum absolute atomic E-state index is 0.344. The van der Waals surface area contributed by atoms with E-state index < -0.39 is 0 Å². The molecule has 170 valence electrons. The number of nitrogens with zero attached hydrogens (tertiary/aromatic N) is 2. The van der Waals surface area contributed by atoms with Gasteiger partial charge in [0, 0.05) is 39.3 Å². The second-order valence-electron chi connectivity index (χ2n) is 9.22. The molecule has 31 heavy (non-hydrogen) atoms. The van der Waals surface area contributed by atoms with Gasteiger partial charge < -0.3 is 9.47 Å². The molecule has 1 fully saturated rings. The van der Waals surface area contributed by atoms with Gasteiger partial charge in [-0.05, 0) is 71.1 Å². The highest BCUT2D eigenvalue weighted by molar-refractivity contribution is 5.44. The standard InChI is InChI=1S/C27H40N2O2/c1-22(2)7-5-8-23(3)9-6-10-24(4)13-14-28-15-17-29(18-16-28)20-25-11-12-26-27(19-25)31-21-30-26/h7,9,11-13,19H,5-6,8,10,14-18,20-21H2,1-4H3/b23-9-,24-13-. The Bertz CT molecular complexity index is 797. The molecule has 0 saturated carbocycles. The summed E-state index contributed by atoms with van der Waals surface area (Å²) in [6.45, 7) is 15.8. The van der Waals surface area contributed by atoms with Gasteiger partial charge in [-0.3, -0.25) is 9.80 Å². The zero-order chi connectivity index (χ0) is 22.1. The van der Waals surface area contributed by atoms with Crippen LogP contribution in [0.2, 0.25) is 0 Å². The first-order valence-electron chi connectivity index (χ1n) is 11.8. The third-order valence-electron chi connectivity index (χ3n) is 6.13. The van der Waals surface area contributed by atoms with E-state index in [4.69, 9.17) is 9.47 Å². The zero-order valence-corrected chi connectivity index (χ0v) is 20.0. The Kier molecular flexibility index (Phi) is 9.23. The topological polar surface area (TPSA) is 24.9 Å². The van der Waals surface area contributed by atoms with Crippen LogP contribution < -0.4 is 9.47 Å². The first-order valence-corrected chi connectivity index (χ1v) is 11.8. The van der Waals surface area contributed by atoms with Gasteiger partial charge in [0.1, 0.15) is 0 Å². The molecule has 1 saturated heterocycles. The van der Waals surface area contributed by atoms with E-state index in [2.05, 4.69) is 67.9 Å². The van der Waals surface area contributed by atoms with Crippen molar-refractivity contribution in [2.24, 2.45) is 0 Å². The Labute approximate surface area is 189 Å². The fourth-order valence-electron chi connectivity index (χ4n) is 4.05. The van der Waals surface area contributed by atoms with Gasteiger partial charge in [0.25, 0.3) is 0 Å². The summed E-state index contributed by atoms with van der Waals surface area (Å²) in [7, 11) is 0. The zero-order valence-electron chi connectivity index (χ0n) is 20.0. The lowest BCUT2D eigenvalue weighted by Crippen LogP contribution is -2.45. The molecule has 0 N–H and O–H groups in total. The van der Waals surface area contributed by atoms with E-state index in [1.54, 1.807) is 0 Å². The summed E-state index contributed by atoms with van der Waals surface area (Å²) in [6.07, 6.45) is 11.9. The number of hydrogen-bond donors (Lipinski definition) is 0. The minimum atomic E-state index is 0.344. The van der Waals surface area contributed by atoms with E-state index in [-0.39, 0.29) is 0 Å². The molecule has 1 aromatic carbocycles. The molecule has 0 aromatic heterocycles. The molecule has 0 amide bonds. The predicted octanol–water partition coefficient (Wildman–Crippen LogP) is 5.95. The number of piperazine rings is 1. The molecule has 4 nitrogen and oxygen atoms in total. The Hall–Kier alpha value is -2.04. The van der Waals surface area contributed by atoms with Crippen molar-refractivity contribution in [3.8, 4) is 11.5 Å². The lowest BCUT2D eigenvalue weighted by molar-refractivity contribution is 0.136. The summed E-state index contributed by atoms with van der Waals surface area (Å²) in [5.74, 6) is 1.75. The van der Waals surface area contributed by atoms with Crippen molar-refractivity contribution >= 4 is 0 Å². The van der Waals surface area contributed by atoms with Gasteiger partial charge in [-0.2, -0.15) is 0 Å². The molecule has 4 heteroatoms. The largest absolute Gasteiger partial charge is 0.454 e. The summed E-state index contributed by atoms with van der Waals surface area (Å²) in [5, 5.41) is 0. The number of ether oxygens (including phenoxy) is 2. The maximum Gasteiger partial charge on any atom is 0.231 e. The van der Waals surface area contributed by atoms with Crippen molar-refractivity contribution < 1.29 is 9.47 Å². The van der Waals surface area contributed by atoms with Crippen molar-refractivity contribution in [1.82, 2.24) is 9.80 Å². The maximum absolute atomic E-state index is 5.51. The lowest BCUT2D eigenvalue weighted by Gasteiger charge is -2.34. The lowest BCUT2D eigenvalue weighted by atomic mass is 10.1. The predicted molar refractivity (Wildman–Crippen MR) is 130 cm³/mol. The number of fused-ring (bicyclic) bond motifs is 1. The average molecular weight is 425 g/mol. The molecule has 0 atom stereocenters. The summed E-state index contributed by atoms with van der Waals surface area (Å²) in [4.78, 5) is 5.10. The number of benzene rings is 1. The normalized spacial score (nSPS) is 17.8. The monoisotopic (exact) mass is 424 g/mol. The molecule has 1 aromatic rings. The van der Waals surface area contributed by atoms with Crippen LogP contribution >= 0.6 is 0 Å². The highest BCUT2D eigenvalue weighted by Gasteiger charge is 2.18. The highest BCUT2D eigenvalue weighted by atomic mass is 16.7. The number of allylic oxidation sites excluding steroid dienone is 5. The van der Waals surface area contributed by atoms with Crippen molar-refractivity contribution in [2.75, 3.05) is 39.5 Å². The SMILES string of the molecule is CC(C)=CCC/C(C)=C\CC/C(C)=C\CN1CCN(Cc2ccc3c(c2)OCO3)CC1. The fourth-order valence-corrected chi connectivity index (χ4v) is 4.05. The molecule has 0 bridgehead atoms. The summed E-state index contributed by atoms with van der Waals surface area (Å²) >= 11 is 0. The van der Waals surface area contributed by atoms with Gasteiger partial charge in [0.2, 0.25) is 6.79 Å². The highest BCUT2D eigenvalue weighted by Crippen LogP contribution is 2.32. The van der Waals surface area contributed by atoms with Crippen LogP contribution in [0.3, 0.4) is 0 Å². The Morgan fingerprint density at radius 3 is 2.19 bits per heavy atom. The fraction of sp³-hybridized carbons (Fsp3) is 0.556. The van der Waals surface area contributed by atoms with Gasteiger partial charge >= 0.3 is 0 Å². The molecule has 2 heterocycles. The molecular weight excluding hydrogens is 384 g/mol. The third-order valence-corrected chi connectivity index (χ3v) is 6.13. The second-order valence-corrected chi connectivity index (χ2v) is 9.22. The van der Waals surface area contributed by atoms with Crippen molar-refractivity contribution in [3.05, 3.63) is 58.7 Å². The van der Waals surface area contributed by atoms with E-state index in [9.17, 15) is 0 Å². The molecule has 0 aliphatic carbocycles. The van der Waals surface area contributed by atoms with Crippen LogP contribution in [0, 0.1) is 0 Å². The first kappa shape index (κ1) is 23.6. The molecule has 2 aliphatic heterocycles. The van der Waals surface area contributed by atoms with Crippen LogP contribution in [0.5, 0.6) is 11.5 Å². The molecule has 2 aliphatic rings. The van der Waals surface area contributed by atoms with E-state index in [0.717, 1.165) is 57.2 Å². The van der Waals surface area contributed by atoms with Crippen LogP contribution in [0.15, 0.2) is 53.1 Å². The van der Waals surface area contributed by atoms with Gasteiger partial charge in [0.05, 0.1) is 0 Å². The second kappa shape index (κ2) is 12.1. The van der Waals surface area contributed by atoms with Crippen LogP contribution in [0.25, 0.3) is 0 Å². The van der Waals surface area contributed by atoms with Crippen LogP contribution in [-0.2, 0) is 6.54 Å². The average Bonchev–Trinajstić information content (AvgIpc) is 3.21. The summed E-state index contributed by atoms with van der Waals surface area (Å²) < 4.78 is 10.9. The van der Waals surface area contributed by atoms with E-state index in [1.807, 2.05) is 6.07 Å². The first-order chi connectivity index (χ1) is 15.0. The maximum atomic E-state index is 5.51. The van der Waals surface area contributed by atoms with Crippen LogP contribution in [-0.4, -0.2) is 49.3 Å². The van der Waals surface area contributed by atoms with Gasteiger partial charge in [-0.1, -0.05) is 41.0 Å². The molecular formula is C27H40N2O2. The summed E-state index contributed by atoms with van der Waals surface area (Å²) in [5.41, 5.74) is 5.75. The number of rotatable bonds is 10. The van der Waals surface area contributed by atoms with Crippen LogP contribution in [0.4, 0.5) is 0 Å². The van der Waals surface area contributed by atoms with E-state index >= 15 is 0 Å². The summed E-state index contributed by atoms with van der Waals surface area (Å²) in [6, 6.07) is 6.31. The molecule has 3 rings (SSSR count). The molecule has 0 spiro atoms. The smallest absolute Gasteiger partial charge is 0.231 e. The molecule has 0 radical (unpaired) electrons. The van der Waals surface area contributed by atoms with Crippen molar-refractivity contribution in [1.29, 1.82) is 0 Å². The van der Waals surface area contributed by atoms with Gasteiger partial charge in [-0.15, -0.1) is 0 Å². The van der Waals surface area contributed by atoms with Crippen molar-refractivity contribution in [3.63, 3.8) is 0 Å². The van der Waals surface area contributed by atoms with Crippen molar-refractivity contribution in [2.45, 2.75) is 59.9 Å². The Morgan fingerprint density at radius 1 is 0.806 bits per heavy atom. The van der Waals surface area contributed by atoms with E-state index in [0.29, 0.717) is 6.79 Å². The Balaban J connectivity index is 1.33. The quantitative estimate of drug-likeness (QED) is 0.433. The van der Waals surface area contributed by atoms with Gasteiger partial charge in [0.15, 0.2) is 11.5 Å². The number of hydrogen-bond acceptors (Lipinski definition) is 4. The van der Waals surface area contributed by atoms with Gasteiger partial charge in [-0.25, -0.2) is 0 Å². The Morgan fingerprint density at radius 2 is 1.45 bits per heavy atom. The van der Waals surface area contributed by atoms with Crippen LogP contribution in [0.1, 0.15) is 58.9 Å².